The van der Waals surface area contributed by atoms with Crippen LogP contribution in [0.1, 0.15) is 37.8 Å². The molecule has 0 aliphatic heterocycles. The third-order valence-electron chi connectivity index (χ3n) is 3.43. The Kier molecular flexibility index (Phi) is 3.97. The zero-order chi connectivity index (χ0) is 11.5. The molecule has 0 bridgehead atoms. The van der Waals surface area contributed by atoms with Crippen LogP contribution in [0.25, 0.3) is 0 Å². The lowest BCUT2D eigenvalue weighted by molar-refractivity contribution is 0.235. The van der Waals surface area contributed by atoms with Crippen LogP contribution in [0.4, 0.5) is 0 Å². The third kappa shape index (κ3) is 2.30. The van der Waals surface area contributed by atoms with Crippen molar-refractivity contribution in [2.45, 2.75) is 32.1 Å². The van der Waals surface area contributed by atoms with Gasteiger partial charge < -0.3 is 5.32 Å². The first-order valence-corrected chi connectivity index (χ1v) is 6.79. The van der Waals surface area contributed by atoms with Crippen molar-refractivity contribution in [2.24, 2.45) is 13.0 Å². The van der Waals surface area contributed by atoms with Gasteiger partial charge in [0.2, 0.25) is 0 Å². The second kappa shape index (κ2) is 5.27. The Labute approximate surface area is 105 Å². The summed E-state index contributed by atoms with van der Waals surface area (Å²) in [7, 11) is 1.97. The standard InChI is InChI=1S/C11H19BrN4/c1-3-6-13-7-8-4-5-9(8)10-11(12)14-15-16(10)2/h8-9,13H,3-7H2,1-2H3. The van der Waals surface area contributed by atoms with E-state index in [1.165, 1.54) is 25.0 Å². The van der Waals surface area contributed by atoms with Gasteiger partial charge in [0, 0.05) is 13.0 Å². The molecule has 4 nitrogen and oxygen atoms in total. The van der Waals surface area contributed by atoms with Crippen molar-refractivity contribution in [3.8, 4) is 0 Å². The van der Waals surface area contributed by atoms with Gasteiger partial charge in [0.05, 0.1) is 5.69 Å². The van der Waals surface area contributed by atoms with Gasteiger partial charge in [0.15, 0.2) is 4.60 Å². The van der Waals surface area contributed by atoms with Crippen LogP contribution in [-0.4, -0.2) is 28.1 Å². The van der Waals surface area contributed by atoms with E-state index in [9.17, 15) is 0 Å². The summed E-state index contributed by atoms with van der Waals surface area (Å²) in [5.41, 5.74) is 1.26. The summed E-state index contributed by atoms with van der Waals surface area (Å²) in [4.78, 5) is 0. The van der Waals surface area contributed by atoms with Crippen molar-refractivity contribution in [1.29, 1.82) is 0 Å². The van der Waals surface area contributed by atoms with Crippen LogP contribution in [0.15, 0.2) is 4.60 Å². The lowest BCUT2D eigenvalue weighted by atomic mass is 9.72. The van der Waals surface area contributed by atoms with E-state index in [4.69, 9.17) is 0 Å². The number of rotatable bonds is 5. The summed E-state index contributed by atoms with van der Waals surface area (Å²) in [5, 5.41) is 11.6. The van der Waals surface area contributed by atoms with Gasteiger partial charge in [-0.05, 0) is 54.2 Å². The van der Waals surface area contributed by atoms with Gasteiger partial charge in [0.25, 0.3) is 0 Å². The fourth-order valence-corrected chi connectivity index (χ4v) is 2.99. The molecule has 1 aliphatic carbocycles. The van der Waals surface area contributed by atoms with Crippen molar-refractivity contribution in [3.05, 3.63) is 10.3 Å². The molecule has 0 radical (unpaired) electrons. The van der Waals surface area contributed by atoms with Gasteiger partial charge in [-0.25, -0.2) is 0 Å². The molecule has 2 unspecified atom stereocenters. The summed E-state index contributed by atoms with van der Waals surface area (Å²) in [6, 6.07) is 0. The lowest BCUT2D eigenvalue weighted by Crippen LogP contribution is -2.35. The highest BCUT2D eigenvalue weighted by Crippen LogP contribution is 2.43. The number of halogens is 1. The zero-order valence-corrected chi connectivity index (χ0v) is 11.5. The largest absolute Gasteiger partial charge is 0.316 e. The first-order chi connectivity index (χ1) is 7.74. The number of nitrogens with zero attached hydrogens (tertiary/aromatic N) is 3. The average Bonchev–Trinajstić information content (AvgIpc) is 2.55. The highest BCUT2D eigenvalue weighted by Gasteiger charge is 2.35. The lowest BCUT2D eigenvalue weighted by Gasteiger charge is -2.36. The normalized spacial score (nSPS) is 24.4. The Morgan fingerprint density at radius 2 is 2.31 bits per heavy atom. The summed E-state index contributed by atoms with van der Waals surface area (Å²) >= 11 is 3.49. The maximum atomic E-state index is 4.06. The van der Waals surface area contributed by atoms with Gasteiger partial charge in [-0.1, -0.05) is 12.1 Å². The van der Waals surface area contributed by atoms with Crippen molar-refractivity contribution in [2.75, 3.05) is 13.1 Å². The zero-order valence-electron chi connectivity index (χ0n) is 9.91. The number of aryl methyl sites for hydroxylation is 1. The van der Waals surface area contributed by atoms with Crippen LogP contribution in [0.2, 0.25) is 0 Å². The van der Waals surface area contributed by atoms with Crippen molar-refractivity contribution < 1.29 is 0 Å². The summed E-state index contributed by atoms with van der Waals surface area (Å²) in [6.07, 6.45) is 3.78. The Balaban J connectivity index is 1.95. The Morgan fingerprint density at radius 3 is 2.81 bits per heavy atom. The molecule has 1 saturated carbocycles. The van der Waals surface area contributed by atoms with Gasteiger partial charge in [0.1, 0.15) is 0 Å². The average molecular weight is 287 g/mol. The first kappa shape index (κ1) is 12.0. The molecule has 0 spiro atoms. The molecule has 1 aromatic rings. The van der Waals surface area contributed by atoms with Crippen LogP contribution in [0, 0.1) is 5.92 Å². The summed E-state index contributed by atoms with van der Waals surface area (Å²) < 4.78 is 2.82. The van der Waals surface area contributed by atoms with Crippen LogP contribution in [0.3, 0.4) is 0 Å². The topological polar surface area (TPSA) is 42.7 Å². The van der Waals surface area contributed by atoms with Crippen molar-refractivity contribution in [1.82, 2.24) is 20.3 Å². The van der Waals surface area contributed by atoms with Crippen LogP contribution < -0.4 is 5.32 Å². The Hall–Kier alpha value is -0.420. The van der Waals surface area contributed by atoms with E-state index in [0.29, 0.717) is 5.92 Å². The molecule has 0 aromatic carbocycles. The smallest absolute Gasteiger partial charge is 0.151 e. The molecule has 1 aromatic heterocycles. The van der Waals surface area contributed by atoms with E-state index >= 15 is 0 Å². The van der Waals surface area contributed by atoms with E-state index in [0.717, 1.165) is 23.6 Å². The molecular formula is C11H19BrN4. The second-order valence-electron chi connectivity index (χ2n) is 4.54. The van der Waals surface area contributed by atoms with Crippen molar-refractivity contribution >= 4 is 15.9 Å². The predicted molar refractivity (Wildman–Crippen MR) is 67.3 cm³/mol. The number of nitrogens with one attached hydrogen (secondary N) is 1. The summed E-state index contributed by atoms with van der Waals surface area (Å²) in [6.45, 7) is 4.44. The highest BCUT2D eigenvalue weighted by atomic mass is 79.9. The monoisotopic (exact) mass is 286 g/mol. The van der Waals surface area contributed by atoms with Gasteiger partial charge in [-0.2, -0.15) is 0 Å². The maximum Gasteiger partial charge on any atom is 0.151 e. The first-order valence-electron chi connectivity index (χ1n) is 5.99. The van der Waals surface area contributed by atoms with E-state index in [2.05, 4.69) is 38.5 Å². The molecule has 16 heavy (non-hydrogen) atoms. The molecule has 1 fully saturated rings. The fraction of sp³-hybridized carbons (Fsp3) is 0.818. The van der Waals surface area contributed by atoms with Crippen LogP contribution in [0.5, 0.6) is 0 Å². The fourth-order valence-electron chi connectivity index (χ4n) is 2.37. The summed E-state index contributed by atoms with van der Waals surface area (Å²) in [5.74, 6) is 1.37. The van der Waals surface area contributed by atoms with E-state index in [-0.39, 0.29) is 0 Å². The molecule has 5 heteroatoms. The van der Waals surface area contributed by atoms with Gasteiger partial charge >= 0.3 is 0 Å². The Bertz CT molecular complexity index is 330. The second-order valence-corrected chi connectivity index (χ2v) is 5.29. The minimum atomic E-state index is 0.624. The van der Waals surface area contributed by atoms with Crippen LogP contribution >= 0.6 is 15.9 Å². The van der Waals surface area contributed by atoms with E-state index in [1.807, 2.05) is 11.7 Å². The number of aromatic nitrogens is 3. The predicted octanol–water partition coefficient (Wildman–Crippen LogP) is 2.07. The van der Waals surface area contributed by atoms with Crippen LogP contribution in [-0.2, 0) is 7.05 Å². The molecule has 1 heterocycles. The third-order valence-corrected chi connectivity index (χ3v) is 3.99. The minimum Gasteiger partial charge on any atom is -0.316 e. The highest BCUT2D eigenvalue weighted by molar-refractivity contribution is 9.10. The quantitative estimate of drug-likeness (QED) is 0.843. The van der Waals surface area contributed by atoms with Gasteiger partial charge in [-0.15, -0.1) is 5.10 Å². The number of hydrogen-bond acceptors (Lipinski definition) is 3. The molecule has 2 atom stereocenters. The molecular weight excluding hydrogens is 268 g/mol. The molecule has 0 amide bonds. The molecule has 1 N–H and O–H groups in total. The Morgan fingerprint density at radius 1 is 1.50 bits per heavy atom. The minimum absolute atomic E-state index is 0.624. The SMILES string of the molecule is CCCNCC1CCC1c1c(Br)nnn1C. The molecule has 1 aliphatic rings. The molecule has 90 valence electrons. The maximum absolute atomic E-state index is 4.06. The molecule has 2 rings (SSSR count). The van der Waals surface area contributed by atoms with E-state index < -0.39 is 0 Å². The van der Waals surface area contributed by atoms with Gasteiger partial charge in [-0.3, -0.25) is 4.68 Å². The van der Waals surface area contributed by atoms with Crippen molar-refractivity contribution in [3.63, 3.8) is 0 Å². The number of hydrogen-bond donors (Lipinski definition) is 1. The van der Waals surface area contributed by atoms with E-state index in [1.54, 1.807) is 0 Å². The molecule has 0 saturated heterocycles.